The first-order valence-corrected chi connectivity index (χ1v) is 13.6. The normalized spacial score (nSPS) is 15.8. The molecule has 0 radical (unpaired) electrons. The van der Waals surface area contributed by atoms with Crippen LogP contribution in [0.5, 0.6) is 0 Å². The minimum atomic E-state index is -0.916. The van der Waals surface area contributed by atoms with Gasteiger partial charge in [-0.2, -0.15) is 0 Å². The standard InChI is InChI=1S/C30H34N2O5S/c1-28(2,3)37-27(33)26(31-29(20-32(34)35)21-36-22-29)19-38-30(23-13-7-4-8-14-23,24-15-9-5-10-16-24)25-17-11-6-12-18-25/h4-18,26,31H,19-22H2,1-3H3/t26-/m0/s1. The van der Waals surface area contributed by atoms with Crippen LogP contribution in [0, 0.1) is 10.1 Å². The molecule has 0 amide bonds. The molecule has 0 aliphatic carbocycles. The van der Waals surface area contributed by atoms with Gasteiger partial charge in [0.25, 0.3) is 0 Å². The first-order valence-electron chi connectivity index (χ1n) is 12.6. The number of hydrogen-bond donors (Lipinski definition) is 1. The molecule has 1 fully saturated rings. The van der Waals surface area contributed by atoms with Crippen LogP contribution in [0.15, 0.2) is 91.0 Å². The van der Waals surface area contributed by atoms with Crippen molar-refractivity contribution in [2.45, 2.75) is 42.7 Å². The molecule has 8 heteroatoms. The van der Waals surface area contributed by atoms with Gasteiger partial charge in [-0.3, -0.25) is 20.2 Å². The Hall–Kier alpha value is -3.20. The van der Waals surface area contributed by atoms with E-state index in [0.717, 1.165) is 16.7 Å². The number of nitro groups is 1. The van der Waals surface area contributed by atoms with E-state index in [1.165, 1.54) is 0 Å². The quantitative estimate of drug-likeness (QED) is 0.159. The summed E-state index contributed by atoms with van der Waals surface area (Å²) in [7, 11) is 0. The van der Waals surface area contributed by atoms with Crippen LogP contribution in [0.1, 0.15) is 37.5 Å². The number of thioether (sulfide) groups is 1. The first kappa shape index (κ1) is 27.8. The molecule has 0 spiro atoms. The third-order valence-corrected chi connectivity index (χ3v) is 8.01. The van der Waals surface area contributed by atoms with Crippen LogP contribution in [0.4, 0.5) is 0 Å². The summed E-state index contributed by atoms with van der Waals surface area (Å²) in [6, 6.07) is 29.8. The highest BCUT2D eigenvalue weighted by Crippen LogP contribution is 2.48. The molecule has 0 bridgehead atoms. The molecule has 1 N–H and O–H groups in total. The van der Waals surface area contributed by atoms with Gasteiger partial charge in [-0.15, -0.1) is 11.8 Å². The number of nitrogens with one attached hydrogen (secondary N) is 1. The Labute approximate surface area is 228 Å². The van der Waals surface area contributed by atoms with Crippen LogP contribution >= 0.6 is 11.8 Å². The second-order valence-corrected chi connectivity index (χ2v) is 11.8. The monoisotopic (exact) mass is 534 g/mol. The van der Waals surface area contributed by atoms with E-state index in [2.05, 4.69) is 41.7 Å². The second-order valence-electron chi connectivity index (χ2n) is 10.6. The zero-order valence-electron chi connectivity index (χ0n) is 22.0. The Morgan fingerprint density at radius 3 is 1.74 bits per heavy atom. The maximum atomic E-state index is 13.5. The minimum absolute atomic E-state index is 0.166. The molecule has 0 unspecified atom stereocenters. The van der Waals surface area contributed by atoms with Gasteiger partial charge in [0.1, 0.15) is 17.2 Å². The average Bonchev–Trinajstić information content (AvgIpc) is 2.87. The van der Waals surface area contributed by atoms with E-state index in [0.29, 0.717) is 5.75 Å². The fourth-order valence-electron chi connectivity index (χ4n) is 4.70. The highest BCUT2D eigenvalue weighted by molar-refractivity contribution is 8.00. The van der Waals surface area contributed by atoms with Crippen molar-refractivity contribution in [2.24, 2.45) is 0 Å². The van der Waals surface area contributed by atoms with Gasteiger partial charge >= 0.3 is 5.97 Å². The molecule has 3 aromatic carbocycles. The van der Waals surface area contributed by atoms with Gasteiger partial charge in [0.2, 0.25) is 6.54 Å². The van der Waals surface area contributed by atoms with E-state index in [4.69, 9.17) is 9.47 Å². The fraction of sp³-hybridized carbons (Fsp3) is 0.367. The molecule has 1 aliphatic rings. The van der Waals surface area contributed by atoms with Crippen LogP contribution in [0.2, 0.25) is 0 Å². The van der Waals surface area contributed by atoms with Gasteiger partial charge in [0.15, 0.2) is 0 Å². The zero-order chi connectivity index (χ0) is 27.2. The van der Waals surface area contributed by atoms with Crippen molar-refractivity contribution in [3.63, 3.8) is 0 Å². The molecule has 200 valence electrons. The Bertz CT molecular complexity index is 1110. The predicted octanol–water partition coefficient (Wildman–Crippen LogP) is 5.06. The first-order chi connectivity index (χ1) is 18.1. The molecule has 1 saturated heterocycles. The summed E-state index contributed by atoms with van der Waals surface area (Å²) in [6.45, 7) is 5.44. The van der Waals surface area contributed by atoms with Gasteiger partial charge in [-0.25, -0.2) is 0 Å². The van der Waals surface area contributed by atoms with Gasteiger partial charge in [0.05, 0.1) is 18.0 Å². The van der Waals surface area contributed by atoms with Crippen molar-refractivity contribution in [2.75, 3.05) is 25.5 Å². The van der Waals surface area contributed by atoms with Crippen LogP contribution in [0.3, 0.4) is 0 Å². The van der Waals surface area contributed by atoms with E-state index in [9.17, 15) is 14.9 Å². The van der Waals surface area contributed by atoms with E-state index in [-0.39, 0.29) is 24.7 Å². The van der Waals surface area contributed by atoms with Gasteiger partial charge in [-0.1, -0.05) is 91.0 Å². The molecule has 4 rings (SSSR count). The Morgan fingerprint density at radius 2 is 1.39 bits per heavy atom. The molecular weight excluding hydrogens is 500 g/mol. The summed E-state index contributed by atoms with van der Waals surface area (Å²) in [5.41, 5.74) is 1.58. The summed E-state index contributed by atoms with van der Waals surface area (Å²) < 4.78 is 10.5. The lowest BCUT2D eigenvalue weighted by molar-refractivity contribution is -0.498. The third kappa shape index (κ3) is 6.43. The van der Waals surface area contributed by atoms with Crippen molar-refractivity contribution in [3.05, 3.63) is 118 Å². The highest BCUT2D eigenvalue weighted by atomic mass is 32.2. The number of nitrogens with zero attached hydrogens (tertiary/aromatic N) is 1. The van der Waals surface area contributed by atoms with Crippen molar-refractivity contribution in [3.8, 4) is 0 Å². The van der Waals surface area contributed by atoms with Gasteiger partial charge in [-0.05, 0) is 37.5 Å². The molecule has 38 heavy (non-hydrogen) atoms. The predicted molar refractivity (Wildman–Crippen MR) is 150 cm³/mol. The Balaban J connectivity index is 1.76. The summed E-state index contributed by atoms with van der Waals surface area (Å²) in [5, 5.41) is 14.7. The van der Waals surface area contributed by atoms with Crippen molar-refractivity contribution >= 4 is 17.7 Å². The third-order valence-electron chi connectivity index (χ3n) is 6.37. The second kappa shape index (κ2) is 11.7. The van der Waals surface area contributed by atoms with Crippen LogP contribution in [-0.2, 0) is 19.0 Å². The number of carbonyl (C=O) groups is 1. The minimum Gasteiger partial charge on any atom is -0.459 e. The smallest absolute Gasteiger partial charge is 0.324 e. The maximum Gasteiger partial charge on any atom is 0.324 e. The molecule has 0 saturated carbocycles. The highest BCUT2D eigenvalue weighted by Gasteiger charge is 2.47. The summed E-state index contributed by atoms with van der Waals surface area (Å²) in [6.07, 6.45) is 0. The van der Waals surface area contributed by atoms with Crippen LogP contribution < -0.4 is 5.32 Å². The SMILES string of the molecule is CC(C)(C)OC(=O)[C@H](CSC(c1ccccc1)(c1ccccc1)c1ccccc1)NC1(C[N+](=O)[O-])COC1. The van der Waals surface area contributed by atoms with Crippen LogP contribution in [0.25, 0.3) is 0 Å². The number of hydrogen-bond acceptors (Lipinski definition) is 7. The topological polar surface area (TPSA) is 90.7 Å². The Morgan fingerprint density at radius 1 is 0.947 bits per heavy atom. The lowest BCUT2D eigenvalue weighted by Gasteiger charge is -2.42. The molecule has 7 nitrogen and oxygen atoms in total. The largest absolute Gasteiger partial charge is 0.459 e. The van der Waals surface area contributed by atoms with Crippen molar-refractivity contribution in [1.82, 2.24) is 5.32 Å². The molecule has 1 aliphatic heterocycles. The molecule has 1 atom stereocenters. The van der Waals surface area contributed by atoms with E-state index in [1.807, 2.05) is 75.4 Å². The molecule has 0 aromatic heterocycles. The summed E-state index contributed by atoms with van der Waals surface area (Å²) >= 11 is 1.61. The fourth-order valence-corrected chi connectivity index (χ4v) is 6.25. The maximum absolute atomic E-state index is 13.5. The van der Waals surface area contributed by atoms with Gasteiger partial charge < -0.3 is 9.47 Å². The molecule has 3 aromatic rings. The van der Waals surface area contributed by atoms with Crippen molar-refractivity contribution < 1.29 is 19.2 Å². The number of esters is 1. The molecule has 1 heterocycles. The van der Waals surface area contributed by atoms with Gasteiger partial charge in [0, 0.05) is 10.7 Å². The Kier molecular flexibility index (Phi) is 8.55. The summed E-state index contributed by atoms with van der Waals surface area (Å²) in [4.78, 5) is 24.6. The number of rotatable bonds is 11. The van der Waals surface area contributed by atoms with Crippen LogP contribution in [-0.4, -0.2) is 53.6 Å². The lowest BCUT2D eigenvalue weighted by Crippen LogP contribution is -2.68. The average molecular weight is 535 g/mol. The lowest BCUT2D eigenvalue weighted by atomic mass is 9.84. The van der Waals surface area contributed by atoms with E-state index in [1.54, 1.807) is 11.8 Å². The molecular formula is C30H34N2O5S. The van der Waals surface area contributed by atoms with E-state index < -0.39 is 27.9 Å². The number of benzene rings is 3. The summed E-state index contributed by atoms with van der Waals surface area (Å²) in [5.74, 6) is -0.129. The zero-order valence-corrected chi connectivity index (χ0v) is 22.8. The number of carbonyl (C=O) groups excluding carboxylic acids is 1. The van der Waals surface area contributed by atoms with Crippen molar-refractivity contribution in [1.29, 1.82) is 0 Å². The van der Waals surface area contributed by atoms with E-state index >= 15 is 0 Å². The number of ether oxygens (including phenoxy) is 2.